The molecule has 0 radical (unpaired) electrons. The van der Waals surface area contributed by atoms with Crippen LogP contribution in [0.3, 0.4) is 0 Å². The van der Waals surface area contributed by atoms with Crippen LogP contribution >= 0.6 is 11.3 Å². The lowest BCUT2D eigenvalue weighted by Gasteiger charge is -2.30. The van der Waals surface area contributed by atoms with Gasteiger partial charge < -0.3 is 15.2 Å². The van der Waals surface area contributed by atoms with Crippen molar-refractivity contribution in [2.24, 2.45) is 9.98 Å². The van der Waals surface area contributed by atoms with E-state index in [0.717, 1.165) is 32.6 Å². The largest absolute Gasteiger partial charge is 0.382 e. The standard InChI is InChI=1S/C25H28N6O3S/c1-4-27-23(32)31-24-30-20-14-17(13-18(21(20)35-24)19-7-5-6-10-28-19)16(2)15-29-22(26-3)25(33)8-11-34-12-9-25/h5-7,10,13-15,33H,3-4,8-9,11-12H2,1-2H3,(H2,27,30,31,32)/b16-15+,29-22?. The van der Waals surface area contributed by atoms with Gasteiger partial charge in [0.1, 0.15) is 5.60 Å². The summed E-state index contributed by atoms with van der Waals surface area (Å²) in [5, 5.41) is 16.9. The maximum Gasteiger partial charge on any atom is 0.321 e. The number of carbonyl (C=O) groups is 1. The van der Waals surface area contributed by atoms with Crippen molar-refractivity contribution in [3.05, 3.63) is 48.3 Å². The molecule has 2 amide bonds. The number of urea groups is 1. The van der Waals surface area contributed by atoms with Crippen LogP contribution in [0.15, 0.2) is 52.7 Å². The third-order valence-electron chi connectivity index (χ3n) is 5.71. The van der Waals surface area contributed by atoms with Crippen molar-refractivity contribution in [3.8, 4) is 11.3 Å². The fraction of sp³-hybridized carbons (Fsp3) is 0.320. The summed E-state index contributed by atoms with van der Waals surface area (Å²) in [7, 11) is 0. The quantitative estimate of drug-likeness (QED) is 0.346. The van der Waals surface area contributed by atoms with Crippen LogP contribution in [0.25, 0.3) is 27.0 Å². The summed E-state index contributed by atoms with van der Waals surface area (Å²) in [6, 6.07) is 9.42. The molecule has 1 saturated heterocycles. The number of aromatic nitrogens is 2. The number of allylic oxidation sites excluding steroid dienone is 1. The first kappa shape index (κ1) is 24.6. The fourth-order valence-electron chi connectivity index (χ4n) is 3.80. The Kier molecular flexibility index (Phi) is 7.64. The second kappa shape index (κ2) is 10.9. The molecule has 0 bridgehead atoms. The van der Waals surface area contributed by atoms with Crippen molar-refractivity contribution in [1.29, 1.82) is 0 Å². The van der Waals surface area contributed by atoms with Gasteiger partial charge in [0, 0.05) is 50.6 Å². The summed E-state index contributed by atoms with van der Waals surface area (Å²) in [4.78, 5) is 29.6. The van der Waals surface area contributed by atoms with Crippen molar-refractivity contribution in [1.82, 2.24) is 15.3 Å². The number of anilines is 1. The van der Waals surface area contributed by atoms with Gasteiger partial charge in [0.05, 0.1) is 15.9 Å². The Morgan fingerprint density at radius 3 is 2.83 bits per heavy atom. The Morgan fingerprint density at radius 1 is 1.34 bits per heavy atom. The molecule has 0 atom stereocenters. The van der Waals surface area contributed by atoms with Crippen LogP contribution in [0.2, 0.25) is 0 Å². The number of nitrogens with one attached hydrogen (secondary N) is 2. The van der Waals surface area contributed by atoms with Gasteiger partial charge in [0.15, 0.2) is 11.0 Å². The van der Waals surface area contributed by atoms with Gasteiger partial charge >= 0.3 is 6.03 Å². The number of aliphatic hydroxyl groups is 1. The van der Waals surface area contributed by atoms with E-state index in [2.05, 4.69) is 37.3 Å². The molecule has 3 N–H and O–H groups in total. The predicted octanol–water partition coefficient (Wildman–Crippen LogP) is 4.50. The Balaban J connectivity index is 1.75. The summed E-state index contributed by atoms with van der Waals surface area (Å²) >= 11 is 1.40. The van der Waals surface area contributed by atoms with Gasteiger partial charge in [-0.15, -0.1) is 0 Å². The molecular formula is C25H28N6O3S. The Morgan fingerprint density at radius 2 is 2.14 bits per heavy atom. The molecule has 3 heterocycles. The summed E-state index contributed by atoms with van der Waals surface area (Å²) in [5.41, 5.74) is 3.04. The molecule has 10 heteroatoms. The normalized spacial score (nSPS) is 16.2. The van der Waals surface area contributed by atoms with E-state index in [9.17, 15) is 9.90 Å². The second-order valence-electron chi connectivity index (χ2n) is 8.16. The van der Waals surface area contributed by atoms with Gasteiger partial charge in [-0.05, 0) is 56.0 Å². The molecular weight excluding hydrogens is 464 g/mol. The van der Waals surface area contributed by atoms with E-state index >= 15 is 0 Å². The molecule has 182 valence electrons. The van der Waals surface area contributed by atoms with Gasteiger partial charge in [-0.25, -0.2) is 19.8 Å². The number of carbonyl (C=O) groups excluding carboxylic acids is 1. The van der Waals surface area contributed by atoms with Gasteiger partial charge in [-0.2, -0.15) is 0 Å². The summed E-state index contributed by atoms with van der Waals surface area (Å²) in [5.74, 6) is 0.285. The number of amides is 2. The fourth-order valence-corrected chi connectivity index (χ4v) is 4.77. The lowest BCUT2D eigenvalue weighted by Crippen LogP contribution is -2.42. The zero-order chi connectivity index (χ0) is 24.8. The minimum atomic E-state index is -1.14. The number of amidine groups is 1. The van der Waals surface area contributed by atoms with Crippen LogP contribution in [0.4, 0.5) is 9.93 Å². The second-order valence-corrected chi connectivity index (χ2v) is 9.16. The highest BCUT2D eigenvalue weighted by Crippen LogP contribution is 2.37. The summed E-state index contributed by atoms with van der Waals surface area (Å²) in [6.45, 7) is 8.81. The van der Waals surface area contributed by atoms with E-state index in [0.29, 0.717) is 37.7 Å². The van der Waals surface area contributed by atoms with Gasteiger partial charge in [-0.3, -0.25) is 10.3 Å². The molecule has 35 heavy (non-hydrogen) atoms. The lowest BCUT2D eigenvalue weighted by atomic mass is 9.93. The molecule has 2 aromatic heterocycles. The minimum Gasteiger partial charge on any atom is -0.382 e. The van der Waals surface area contributed by atoms with Gasteiger partial charge in [-0.1, -0.05) is 17.4 Å². The highest BCUT2D eigenvalue weighted by molar-refractivity contribution is 7.22. The van der Waals surface area contributed by atoms with Gasteiger partial charge in [0.25, 0.3) is 0 Å². The number of hydrogen-bond donors (Lipinski definition) is 3. The van der Waals surface area contributed by atoms with E-state index in [1.807, 2.05) is 44.2 Å². The topological polar surface area (TPSA) is 121 Å². The molecule has 9 nitrogen and oxygen atoms in total. The first-order valence-corrected chi connectivity index (χ1v) is 12.2. The zero-order valence-corrected chi connectivity index (χ0v) is 20.6. The van der Waals surface area contributed by atoms with E-state index in [1.54, 1.807) is 12.4 Å². The van der Waals surface area contributed by atoms with Gasteiger partial charge in [0.2, 0.25) is 0 Å². The van der Waals surface area contributed by atoms with Crippen LogP contribution in [0.5, 0.6) is 0 Å². The van der Waals surface area contributed by atoms with Crippen LogP contribution < -0.4 is 10.6 Å². The molecule has 3 aromatic rings. The summed E-state index contributed by atoms with van der Waals surface area (Å²) < 4.78 is 6.27. The Bertz CT molecular complexity index is 1280. The monoisotopic (exact) mass is 492 g/mol. The number of thiazole rings is 1. The van der Waals surface area contributed by atoms with E-state index in [4.69, 9.17) is 4.74 Å². The SMILES string of the molecule is C=NC(=N/C=C(\C)c1cc(-c2ccccn2)c2sc(NC(=O)NCC)nc2c1)C1(O)CCOCC1. The van der Waals surface area contributed by atoms with Crippen molar-refractivity contribution < 1.29 is 14.6 Å². The molecule has 0 unspecified atom stereocenters. The maximum atomic E-state index is 12.0. The van der Waals surface area contributed by atoms with E-state index in [-0.39, 0.29) is 11.9 Å². The first-order valence-electron chi connectivity index (χ1n) is 11.4. The van der Waals surface area contributed by atoms with Crippen molar-refractivity contribution >= 4 is 50.8 Å². The highest BCUT2D eigenvalue weighted by Gasteiger charge is 2.35. The number of aliphatic imine (C=N–C) groups is 2. The van der Waals surface area contributed by atoms with Crippen LogP contribution in [0, 0.1) is 0 Å². The lowest BCUT2D eigenvalue weighted by molar-refractivity contribution is -0.0205. The smallest absolute Gasteiger partial charge is 0.321 e. The molecule has 1 aliphatic rings. The third-order valence-corrected chi connectivity index (χ3v) is 6.73. The molecule has 0 aliphatic carbocycles. The number of hydrogen-bond acceptors (Lipinski definition) is 7. The maximum absolute atomic E-state index is 12.0. The highest BCUT2D eigenvalue weighted by atomic mass is 32.1. The summed E-state index contributed by atoms with van der Waals surface area (Å²) in [6.07, 6.45) is 4.27. The molecule has 0 spiro atoms. The van der Waals surface area contributed by atoms with Crippen LogP contribution in [-0.2, 0) is 4.74 Å². The molecule has 1 aromatic carbocycles. The van der Waals surface area contributed by atoms with Crippen molar-refractivity contribution in [3.63, 3.8) is 0 Å². The van der Waals surface area contributed by atoms with Crippen molar-refractivity contribution in [2.45, 2.75) is 32.3 Å². The van der Waals surface area contributed by atoms with Crippen molar-refractivity contribution in [2.75, 3.05) is 25.1 Å². The number of ether oxygens (including phenoxy) is 1. The molecule has 1 fully saturated rings. The third kappa shape index (κ3) is 5.61. The number of nitrogens with zero attached hydrogens (tertiary/aromatic N) is 4. The Hall–Kier alpha value is -3.47. The number of rotatable bonds is 6. The number of fused-ring (bicyclic) bond motifs is 1. The number of benzene rings is 1. The van der Waals surface area contributed by atoms with Crippen LogP contribution in [-0.4, -0.2) is 59.0 Å². The van der Waals surface area contributed by atoms with Crippen LogP contribution in [0.1, 0.15) is 32.3 Å². The van der Waals surface area contributed by atoms with E-state index < -0.39 is 5.60 Å². The minimum absolute atomic E-state index is 0.285. The average molecular weight is 493 g/mol. The predicted molar refractivity (Wildman–Crippen MR) is 141 cm³/mol. The zero-order valence-electron chi connectivity index (χ0n) is 19.7. The molecule has 4 rings (SSSR count). The van der Waals surface area contributed by atoms with E-state index in [1.165, 1.54) is 11.3 Å². The molecule has 0 saturated carbocycles. The average Bonchev–Trinajstić information content (AvgIpc) is 3.26. The Labute approximate surface area is 207 Å². The number of pyridine rings is 1. The molecule has 1 aliphatic heterocycles. The first-order chi connectivity index (χ1) is 16.9.